The van der Waals surface area contributed by atoms with Crippen molar-refractivity contribution in [3.05, 3.63) is 58.1 Å². The predicted molar refractivity (Wildman–Crippen MR) is 81.0 cm³/mol. The molecule has 0 bridgehead atoms. The van der Waals surface area contributed by atoms with Crippen molar-refractivity contribution in [2.75, 3.05) is 0 Å². The van der Waals surface area contributed by atoms with E-state index in [1.165, 1.54) is 0 Å². The Morgan fingerprint density at radius 1 is 1.14 bits per heavy atom. The van der Waals surface area contributed by atoms with E-state index in [1.54, 1.807) is 18.3 Å². The van der Waals surface area contributed by atoms with Crippen LogP contribution in [0.25, 0.3) is 11.5 Å². The minimum Gasteiger partial charge on any atom is -0.481 e. The standard InChI is InChI=1S/C14H9BrClN3O2/c15-10-5-3-9(4-6-10)14-19-18-12(21-14)8-20-11-2-1-7-17-13(11)16/h1-7H,8H2. The van der Waals surface area contributed by atoms with Crippen molar-refractivity contribution in [1.29, 1.82) is 0 Å². The average molecular weight is 367 g/mol. The number of aromatic nitrogens is 3. The molecule has 0 spiro atoms. The first-order valence-corrected chi connectivity index (χ1v) is 7.21. The third kappa shape index (κ3) is 3.40. The Kier molecular flexibility index (Phi) is 4.17. The lowest BCUT2D eigenvalue weighted by Crippen LogP contribution is -1.96. The van der Waals surface area contributed by atoms with Crippen molar-refractivity contribution in [1.82, 2.24) is 15.2 Å². The summed E-state index contributed by atoms with van der Waals surface area (Å²) in [6, 6.07) is 11.1. The van der Waals surface area contributed by atoms with Crippen LogP contribution in [0.3, 0.4) is 0 Å². The van der Waals surface area contributed by atoms with E-state index in [1.807, 2.05) is 24.3 Å². The molecule has 2 heterocycles. The Labute approximate surface area is 134 Å². The molecule has 0 atom stereocenters. The van der Waals surface area contributed by atoms with Crippen LogP contribution in [-0.2, 0) is 6.61 Å². The Balaban J connectivity index is 1.71. The molecule has 0 aliphatic rings. The van der Waals surface area contributed by atoms with Crippen molar-refractivity contribution in [2.45, 2.75) is 6.61 Å². The van der Waals surface area contributed by atoms with E-state index < -0.39 is 0 Å². The minimum atomic E-state index is 0.134. The van der Waals surface area contributed by atoms with Gasteiger partial charge in [0.25, 0.3) is 5.89 Å². The third-order valence-corrected chi connectivity index (χ3v) is 3.45. The molecule has 21 heavy (non-hydrogen) atoms. The Hall–Kier alpha value is -1.92. The van der Waals surface area contributed by atoms with Crippen molar-refractivity contribution in [3.8, 4) is 17.2 Å². The monoisotopic (exact) mass is 365 g/mol. The van der Waals surface area contributed by atoms with Gasteiger partial charge in [-0.25, -0.2) is 4.98 Å². The Morgan fingerprint density at radius 2 is 1.95 bits per heavy atom. The third-order valence-electron chi connectivity index (χ3n) is 2.63. The molecule has 0 saturated heterocycles. The summed E-state index contributed by atoms with van der Waals surface area (Å²) >= 11 is 9.27. The van der Waals surface area contributed by atoms with E-state index in [2.05, 4.69) is 31.1 Å². The van der Waals surface area contributed by atoms with Crippen molar-refractivity contribution in [2.24, 2.45) is 0 Å². The second-order valence-corrected chi connectivity index (χ2v) is 5.36. The molecule has 0 unspecified atom stereocenters. The van der Waals surface area contributed by atoms with Crippen LogP contribution in [0, 0.1) is 0 Å². The molecule has 3 aromatic rings. The molecule has 7 heteroatoms. The van der Waals surface area contributed by atoms with E-state index in [-0.39, 0.29) is 6.61 Å². The van der Waals surface area contributed by atoms with Gasteiger partial charge in [-0.3, -0.25) is 0 Å². The van der Waals surface area contributed by atoms with Crippen LogP contribution in [0.5, 0.6) is 5.75 Å². The molecule has 0 aliphatic heterocycles. The highest BCUT2D eigenvalue weighted by atomic mass is 79.9. The lowest BCUT2D eigenvalue weighted by molar-refractivity contribution is 0.264. The quantitative estimate of drug-likeness (QED) is 0.650. The van der Waals surface area contributed by atoms with Gasteiger partial charge in [0.1, 0.15) is 0 Å². The Morgan fingerprint density at radius 3 is 2.71 bits per heavy atom. The summed E-state index contributed by atoms with van der Waals surface area (Å²) < 4.78 is 12.0. The Bertz CT molecular complexity index is 746. The molecule has 5 nitrogen and oxygen atoms in total. The van der Waals surface area contributed by atoms with Gasteiger partial charge in [0.05, 0.1) is 0 Å². The van der Waals surface area contributed by atoms with Crippen molar-refractivity contribution in [3.63, 3.8) is 0 Å². The van der Waals surface area contributed by atoms with Gasteiger partial charge < -0.3 is 9.15 Å². The number of nitrogens with zero attached hydrogens (tertiary/aromatic N) is 3. The number of halogens is 2. The van der Waals surface area contributed by atoms with Crippen molar-refractivity contribution < 1.29 is 9.15 Å². The normalized spacial score (nSPS) is 10.6. The van der Waals surface area contributed by atoms with Crippen LogP contribution in [0.2, 0.25) is 5.15 Å². The molecule has 0 amide bonds. The summed E-state index contributed by atoms with van der Waals surface area (Å²) in [6.45, 7) is 0.134. The summed E-state index contributed by atoms with van der Waals surface area (Å²) in [4.78, 5) is 3.92. The van der Waals surface area contributed by atoms with E-state index in [4.69, 9.17) is 20.8 Å². The summed E-state index contributed by atoms with van der Waals surface area (Å²) in [7, 11) is 0. The second kappa shape index (κ2) is 6.24. The summed E-state index contributed by atoms with van der Waals surface area (Å²) in [5.74, 6) is 1.29. The minimum absolute atomic E-state index is 0.134. The van der Waals surface area contributed by atoms with Gasteiger partial charge in [-0.05, 0) is 36.4 Å². The highest BCUT2D eigenvalue weighted by molar-refractivity contribution is 9.10. The molecule has 106 valence electrons. The van der Waals surface area contributed by atoms with Crippen LogP contribution >= 0.6 is 27.5 Å². The van der Waals surface area contributed by atoms with Gasteiger partial charge in [0.15, 0.2) is 17.5 Å². The average Bonchev–Trinajstić information content (AvgIpc) is 2.96. The first-order chi connectivity index (χ1) is 10.2. The van der Waals surface area contributed by atoms with Crippen molar-refractivity contribution >= 4 is 27.5 Å². The molecule has 0 saturated carbocycles. The van der Waals surface area contributed by atoms with Crippen LogP contribution in [-0.4, -0.2) is 15.2 Å². The fraction of sp³-hybridized carbons (Fsp3) is 0.0714. The molecule has 0 aliphatic carbocycles. The summed E-state index contributed by atoms with van der Waals surface area (Å²) in [6.07, 6.45) is 1.59. The molecular formula is C14H9BrClN3O2. The number of ether oxygens (including phenoxy) is 1. The second-order valence-electron chi connectivity index (χ2n) is 4.09. The summed E-state index contributed by atoms with van der Waals surface area (Å²) in [5, 5.41) is 8.23. The largest absolute Gasteiger partial charge is 0.481 e. The molecule has 2 aromatic heterocycles. The first kappa shape index (κ1) is 14.0. The SMILES string of the molecule is Clc1ncccc1OCc1nnc(-c2ccc(Br)cc2)o1. The molecule has 0 fully saturated rings. The van der Waals surface area contributed by atoms with Gasteiger partial charge in [-0.1, -0.05) is 27.5 Å². The van der Waals surface area contributed by atoms with E-state index in [9.17, 15) is 0 Å². The smallest absolute Gasteiger partial charge is 0.254 e. The van der Waals surface area contributed by atoms with Gasteiger partial charge in [0, 0.05) is 16.2 Å². The van der Waals surface area contributed by atoms with Crippen LogP contribution < -0.4 is 4.74 Å². The maximum Gasteiger partial charge on any atom is 0.254 e. The van der Waals surface area contributed by atoms with Crippen LogP contribution in [0.4, 0.5) is 0 Å². The number of pyridine rings is 1. The predicted octanol–water partition coefficient (Wildman–Crippen LogP) is 4.13. The zero-order valence-corrected chi connectivity index (χ0v) is 13.0. The lowest BCUT2D eigenvalue weighted by atomic mass is 10.2. The number of hydrogen-bond donors (Lipinski definition) is 0. The van der Waals surface area contributed by atoms with E-state index in [0.29, 0.717) is 22.7 Å². The van der Waals surface area contributed by atoms with E-state index >= 15 is 0 Å². The van der Waals surface area contributed by atoms with Gasteiger partial charge in [0.2, 0.25) is 5.89 Å². The summed E-state index contributed by atoms with van der Waals surface area (Å²) in [5.41, 5.74) is 0.844. The molecule has 1 aromatic carbocycles. The number of benzene rings is 1. The molecular weight excluding hydrogens is 358 g/mol. The molecule has 3 rings (SSSR count). The fourth-order valence-electron chi connectivity index (χ4n) is 1.64. The van der Waals surface area contributed by atoms with Gasteiger partial charge in [-0.2, -0.15) is 0 Å². The zero-order chi connectivity index (χ0) is 14.7. The lowest BCUT2D eigenvalue weighted by Gasteiger charge is -2.03. The van der Waals surface area contributed by atoms with Gasteiger partial charge in [-0.15, -0.1) is 10.2 Å². The maximum atomic E-state index is 5.90. The van der Waals surface area contributed by atoms with Gasteiger partial charge >= 0.3 is 0 Å². The van der Waals surface area contributed by atoms with Crippen LogP contribution in [0.1, 0.15) is 5.89 Å². The number of rotatable bonds is 4. The first-order valence-electron chi connectivity index (χ1n) is 6.04. The zero-order valence-electron chi connectivity index (χ0n) is 10.7. The highest BCUT2D eigenvalue weighted by Gasteiger charge is 2.10. The highest BCUT2D eigenvalue weighted by Crippen LogP contribution is 2.23. The van der Waals surface area contributed by atoms with E-state index in [0.717, 1.165) is 10.0 Å². The fourth-order valence-corrected chi connectivity index (χ4v) is 2.08. The molecule has 0 radical (unpaired) electrons. The van der Waals surface area contributed by atoms with Crippen LogP contribution in [0.15, 0.2) is 51.5 Å². The topological polar surface area (TPSA) is 61.0 Å². The molecule has 0 N–H and O–H groups in total. The maximum absolute atomic E-state index is 5.90. The number of hydrogen-bond acceptors (Lipinski definition) is 5.